The molecule has 0 amide bonds. The summed E-state index contributed by atoms with van der Waals surface area (Å²) >= 11 is 0. The number of halogens is 3. The molecule has 6 heteroatoms. The summed E-state index contributed by atoms with van der Waals surface area (Å²) in [5.41, 5.74) is 0.00759. The quantitative estimate of drug-likeness (QED) is 0.471. The zero-order valence-electron chi connectivity index (χ0n) is 11.7. The topological polar surface area (TPSA) is 50.1 Å². The number of para-hydroxylation sites is 1. The summed E-state index contributed by atoms with van der Waals surface area (Å²) in [5.74, 6) is -1.30. The summed E-state index contributed by atoms with van der Waals surface area (Å²) in [4.78, 5) is 12.2. The lowest BCUT2D eigenvalue weighted by Crippen LogP contribution is -2.05. The maximum absolute atomic E-state index is 12.9. The Balaban J connectivity index is 2.38. The molecule has 0 N–H and O–H groups in total. The van der Waals surface area contributed by atoms with Crippen LogP contribution in [0.1, 0.15) is 15.9 Å². The van der Waals surface area contributed by atoms with E-state index in [9.17, 15) is 18.0 Å². The highest BCUT2D eigenvalue weighted by atomic mass is 19.3. The molecule has 2 aromatic carbocycles. The molecule has 0 fully saturated rings. The van der Waals surface area contributed by atoms with Gasteiger partial charge in [0.05, 0.1) is 0 Å². The van der Waals surface area contributed by atoms with Crippen LogP contribution in [-0.2, 0) is 0 Å². The average Bonchev–Trinajstić information content (AvgIpc) is 2.53. The number of carbonyl (C=O) groups is 1. The standard InChI is InChI=1S/C17H10F3NO2/c18-14-7-5-11(6-8-14)16(22)13(10-21)9-12-3-1-2-4-15(12)23-17(19)20/h1-9,17H/b13-9+. The molecular weight excluding hydrogens is 307 g/mol. The van der Waals surface area contributed by atoms with Gasteiger partial charge in [-0.25, -0.2) is 4.39 Å². The molecule has 0 aliphatic carbocycles. The normalized spacial score (nSPS) is 11.2. The number of alkyl halides is 2. The molecule has 0 spiro atoms. The first kappa shape index (κ1) is 16.3. The number of hydrogen-bond acceptors (Lipinski definition) is 3. The first-order valence-corrected chi connectivity index (χ1v) is 6.47. The van der Waals surface area contributed by atoms with Gasteiger partial charge < -0.3 is 4.74 Å². The number of rotatable bonds is 5. The van der Waals surface area contributed by atoms with Crippen molar-refractivity contribution in [2.24, 2.45) is 0 Å². The molecule has 0 atom stereocenters. The van der Waals surface area contributed by atoms with Gasteiger partial charge in [0, 0.05) is 11.1 Å². The second-order valence-electron chi connectivity index (χ2n) is 4.42. The van der Waals surface area contributed by atoms with Crippen LogP contribution < -0.4 is 4.74 Å². The Labute approximate surface area is 130 Å². The first-order valence-electron chi connectivity index (χ1n) is 6.47. The summed E-state index contributed by atoms with van der Waals surface area (Å²) in [6, 6.07) is 12.2. The molecule has 2 rings (SSSR count). The molecule has 0 saturated carbocycles. The van der Waals surface area contributed by atoms with E-state index in [0.717, 1.165) is 18.2 Å². The predicted octanol–water partition coefficient (Wildman–Crippen LogP) is 4.22. The molecule has 23 heavy (non-hydrogen) atoms. The van der Waals surface area contributed by atoms with E-state index in [1.165, 1.54) is 30.3 Å². The largest absolute Gasteiger partial charge is 0.434 e. The molecular formula is C17H10F3NO2. The van der Waals surface area contributed by atoms with Crippen molar-refractivity contribution in [2.45, 2.75) is 6.61 Å². The van der Waals surface area contributed by atoms with Crippen molar-refractivity contribution in [1.29, 1.82) is 5.26 Å². The zero-order chi connectivity index (χ0) is 16.8. The fraction of sp³-hybridized carbons (Fsp3) is 0.0588. The minimum atomic E-state index is -3.03. The fourth-order valence-electron chi connectivity index (χ4n) is 1.86. The highest BCUT2D eigenvalue weighted by Crippen LogP contribution is 2.23. The van der Waals surface area contributed by atoms with E-state index < -0.39 is 18.2 Å². The molecule has 0 aliphatic rings. The molecule has 3 nitrogen and oxygen atoms in total. The van der Waals surface area contributed by atoms with E-state index in [4.69, 9.17) is 5.26 Å². The van der Waals surface area contributed by atoms with Gasteiger partial charge in [0.1, 0.15) is 23.2 Å². The molecule has 116 valence electrons. The minimum absolute atomic E-state index is 0.117. The van der Waals surface area contributed by atoms with E-state index in [1.54, 1.807) is 12.1 Å². The van der Waals surface area contributed by atoms with Crippen LogP contribution in [0, 0.1) is 17.1 Å². The van der Waals surface area contributed by atoms with Crippen LogP contribution in [-0.4, -0.2) is 12.4 Å². The van der Waals surface area contributed by atoms with Crippen molar-refractivity contribution in [2.75, 3.05) is 0 Å². The number of nitriles is 1. The first-order chi connectivity index (χ1) is 11.0. The highest BCUT2D eigenvalue weighted by molar-refractivity contribution is 6.14. The zero-order valence-corrected chi connectivity index (χ0v) is 11.7. The predicted molar refractivity (Wildman–Crippen MR) is 77.4 cm³/mol. The third-order valence-electron chi connectivity index (χ3n) is 2.91. The van der Waals surface area contributed by atoms with Crippen LogP contribution in [0.3, 0.4) is 0 Å². The van der Waals surface area contributed by atoms with Crippen molar-refractivity contribution in [3.63, 3.8) is 0 Å². The highest BCUT2D eigenvalue weighted by Gasteiger charge is 2.14. The third-order valence-corrected chi connectivity index (χ3v) is 2.91. The number of nitrogens with zero attached hydrogens (tertiary/aromatic N) is 1. The molecule has 0 radical (unpaired) electrons. The van der Waals surface area contributed by atoms with Crippen molar-refractivity contribution < 1.29 is 22.7 Å². The van der Waals surface area contributed by atoms with Gasteiger partial charge in [-0.3, -0.25) is 4.79 Å². The van der Waals surface area contributed by atoms with Crippen molar-refractivity contribution >= 4 is 11.9 Å². The van der Waals surface area contributed by atoms with E-state index in [2.05, 4.69) is 4.74 Å². The van der Waals surface area contributed by atoms with Crippen molar-refractivity contribution in [1.82, 2.24) is 0 Å². The summed E-state index contributed by atoms with van der Waals surface area (Å²) in [6.07, 6.45) is 1.16. The van der Waals surface area contributed by atoms with E-state index in [0.29, 0.717) is 0 Å². The third kappa shape index (κ3) is 4.20. The smallest absolute Gasteiger partial charge is 0.387 e. The molecule has 0 saturated heterocycles. The van der Waals surface area contributed by atoms with Gasteiger partial charge >= 0.3 is 6.61 Å². The Morgan fingerprint density at radius 2 is 1.78 bits per heavy atom. The van der Waals surface area contributed by atoms with E-state index >= 15 is 0 Å². The Kier molecular flexibility index (Phi) is 5.15. The molecule has 0 heterocycles. The van der Waals surface area contributed by atoms with Crippen LogP contribution in [0.2, 0.25) is 0 Å². The lowest BCUT2D eigenvalue weighted by Gasteiger charge is -2.08. The van der Waals surface area contributed by atoms with Crippen molar-refractivity contribution in [3.8, 4) is 11.8 Å². The van der Waals surface area contributed by atoms with Crippen molar-refractivity contribution in [3.05, 3.63) is 71.0 Å². The van der Waals surface area contributed by atoms with Gasteiger partial charge in [-0.2, -0.15) is 14.0 Å². The SMILES string of the molecule is N#C/C(=C\c1ccccc1OC(F)F)C(=O)c1ccc(F)cc1. The number of benzene rings is 2. The van der Waals surface area contributed by atoms with Crippen LogP contribution in [0.25, 0.3) is 6.08 Å². The number of ketones is 1. The lowest BCUT2D eigenvalue weighted by atomic mass is 10.0. The molecule has 0 aliphatic heterocycles. The van der Waals surface area contributed by atoms with E-state index in [-0.39, 0.29) is 22.4 Å². The average molecular weight is 317 g/mol. The van der Waals surface area contributed by atoms with Gasteiger partial charge in [-0.1, -0.05) is 18.2 Å². The Bertz CT molecular complexity index is 777. The summed E-state index contributed by atoms with van der Waals surface area (Å²) in [6.45, 7) is -3.03. The number of ether oxygens (including phenoxy) is 1. The van der Waals surface area contributed by atoms with Crippen LogP contribution in [0.15, 0.2) is 54.1 Å². The number of Topliss-reactive ketones (excluding diaryl/α,β-unsaturated/α-hetero) is 1. The summed E-state index contributed by atoms with van der Waals surface area (Å²) in [5, 5.41) is 9.14. The number of allylic oxidation sites excluding steroid dienone is 1. The van der Waals surface area contributed by atoms with Gasteiger partial charge in [-0.05, 0) is 36.4 Å². The second-order valence-corrected chi connectivity index (χ2v) is 4.42. The summed E-state index contributed by atoms with van der Waals surface area (Å²) < 4.78 is 42.0. The minimum Gasteiger partial charge on any atom is -0.434 e. The molecule has 0 bridgehead atoms. The van der Waals surface area contributed by atoms with E-state index in [1.807, 2.05) is 0 Å². The van der Waals surface area contributed by atoms with Gasteiger partial charge in [-0.15, -0.1) is 0 Å². The fourth-order valence-corrected chi connectivity index (χ4v) is 1.86. The van der Waals surface area contributed by atoms with Gasteiger partial charge in [0.2, 0.25) is 5.78 Å². The lowest BCUT2D eigenvalue weighted by molar-refractivity contribution is -0.0499. The molecule has 0 aromatic heterocycles. The van der Waals surface area contributed by atoms with Crippen LogP contribution >= 0.6 is 0 Å². The second kappa shape index (κ2) is 7.27. The van der Waals surface area contributed by atoms with Crippen LogP contribution in [0.5, 0.6) is 5.75 Å². The van der Waals surface area contributed by atoms with Crippen LogP contribution in [0.4, 0.5) is 13.2 Å². The molecule has 0 unspecified atom stereocenters. The Hall–Kier alpha value is -3.07. The monoisotopic (exact) mass is 317 g/mol. The van der Waals surface area contributed by atoms with Gasteiger partial charge in [0.15, 0.2) is 0 Å². The summed E-state index contributed by atoms with van der Waals surface area (Å²) in [7, 11) is 0. The maximum atomic E-state index is 12.9. The molecule has 2 aromatic rings. The Morgan fingerprint density at radius 3 is 2.39 bits per heavy atom. The van der Waals surface area contributed by atoms with Gasteiger partial charge in [0.25, 0.3) is 0 Å². The Morgan fingerprint density at radius 1 is 1.13 bits per heavy atom. The number of carbonyl (C=O) groups excluding carboxylic acids is 1. The maximum Gasteiger partial charge on any atom is 0.387 e. The number of hydrogen-bond donors (Lipinski definition) is 0.